The predicted octanol–water partition coefficient (Wildman–Crippen LogP) is 3.58. The van der Waals surface area contributed by atoms with Crippen molar-refractivity contribution >= 4 is 21.6 Å². The summed E-state index contributed by atoms with van der Waals surface area (Å²) in [6, 6.07) is 5.07. The Morgan fingerprint density at radius 3 is 3.14 bits per heavy atom. The quantitative estimate of drug-likeness (QED) is 0.892. The fourth-order valence-electron chi connectivity index (χ4n) is 2.41. The van der Waals surface area contributed by atoms with E-state index in [1.807, 2.05) is 16.9 Å². The monoisotopic (exact) mass is 353 g/mol. The van der Waals surface area contributed by atoms with Gasteiger partial charge in [0.1, 0.15) is 5.82 Å². The van der Waals surface area contributed by atoms with Crippen LogP contribution in [-0.4, -0.2) is 22.5 Å². The summed E-state index contributed by atoms with van der Waals surface area (Å²) in [7, 11) is 0. The van der Waals surface area contributed by atoms with Crippen molar-refractivity contribution in [1.29, 1.82) is 0 Å². The van der Waals surface area contributed by atoms with E-state index in [0.717, 1.165) is 36.2 Å². The second-order valence-electron chi connectivity index (χ2n) is 5.18. The van der Waals surface area contributed by atoms with Gasteiger partial charge in [-0.3, -0.25) is 4.68 Å². The van der Waals surface area contributed by atoms with Crippen LogP contribution in [0.5, 0.6) is 0 Å². The van der Waals surface area contributed by atoms with Crippen LogP contribution in [-0.2, 0) is 17.8 Å². The minimum Gasteiger partial charge on any atom is -0.378 e. The molecule has 112 valence electrons. The van der Waals surface area contributed by atoms with Gasteiger partial charge in [-0.05, 0) is 25.0 Å². The molecule has 1 atom stereocenters. The molecule has 21 heavy (non-hydrogen) atoms. The summed E-state index contributed by atoms with van der Waals surface area (Å²) in [6.45, 7) is 2.05. The van der Waals surface area contributed by atoms with E-state index in [1.54, 1.807) is 12.3 Å². The molecule has 0 bridgehead atoms. The molecule has 4 nitrogen and oxygen atoms in total. The van der Waals surface area contributed by atoms with E-state index in [2.05, 4.69) is 26.3 Å². The zero-order chi connectivity index (χ0) is 14.7. The lowest BCUT2D eigenvalue weighted by Crippen LogP contribution is -2.15. The third kappa shape index (κ3) is 3.83. The number of hydrogen-bond donors (Lipinski definition) is 1. The van der Waals surface area contributed by atoms with E-state index in [-0.39, 0.29) is 11.9 Å². The summed E-state index contributed by atoms with van der Waals surface area (Å²) in [5.41, 5.74) is 1.51. The topological polar surface area (TPSA) is 39.1 Å². The van der Waals surface area contributed by atoms with Crippen molar-refractivity contribution in [2.45, 2.75) is 32.0 Å². The maximum atomic E-state index is 13.7. The fraction of sp³-hybridized carbons (Fsp3) is 0.400. The first-order valence-electron chi connectivity index (χ1n) is 7.02. The second-order valence-corrected chi connectivity index (χ2v) is 6.09. The minimum absolute atomic E-state index is 0.219. The Morgan fingerprint density at radius 1 is 1.48 bits per heavy atom. The smallest absolute Gasteiger partial charge is 0.129 e. The Hall–Kier alpha value is -1.40. The van der Waals surface area contributed by atoms with Crippen LogP contribution < -0.4 is 5.32 Å². The Kier molecular flexibility index (Phi) is 4.55. The van der Waals surface area contributed by atoms with Gasteiger partial charge in [0.05, 0.1) is 24.5 Å². The molecule has 1 aliphatic rings. The predicted molar refractivity (Wildman–Crippen MR) is 82.6 cm³/mol. The molecule has 0 radical (unpaired) electrons. The number of aromatic nitrogens is 2. The van der Waals surface area contributed by atoms with Crippen molar-refractivity contribution in [3.8, 4) is 0 Å². The number of anilines is 1. The second kappa shape index (κ2) is 6.58. The molecule has 6 heteroatoms. The molecule has 2 aromatic rings. The maximum Gasteiger partial charge on any atom is 0.129 e. The molecule has 1 unspecified atom stereocenters. The molecule has 0 spiro atoms. The SMILES string of the molecule is Fc1cc(Br)ccc1CNc1cnn(CC2CCCO2)c1. The molecule has 1 aromatic carbocycles. The summed E-state index contributed by atoms with van der Waals surface area (Å²) in [4.78, 5) is 0. The molecule has 1 aromatic heterocycles. The molecule has 0 aliphatic carbocycles. The van der Waals surface area contributed by atoms with Crippen molar-refractivity contribution < 1.29 is 9.13 Å². The van der Waals surface area contributed by atoms with Crippen LogP contribution in [0.25, 0.3) is 0 Å². The standard InChI is InChI=1S/C15H17BrFN3O/c16-12-4-3-11(15(17)6-12)7-18-13-8-19-20(9-13)10-14-2-1-5-21-14/h3-4,6,8-9,14,18H,1-2,5,7,10H2. The number of benzene rings is 1. The number of halogens is 2. The van der Waals surface area contributed by atoms with E-state index >= 15 is 0 Å². The third-order valence-electron chi connectivity index (χ3n) is 3.55. The van der Waals surface area contributed by atoms with Gasteiger partial charge in [-0.25, -0.2) is 4.39 Å². The zero-order valence-electron chi connectivity index (χ0n) is 11.6. The van der Waals surface area contributed by atoms with Gasteiger partial charge in [0, 0.05) is 29.4 Å². The lowest BCUT2D eigenvalue weighted by Gasteiger charge is -2.08. The van der Waals surface area contributed by atoms with Crippen molar-refractivity contribution in [1.82, 2.24) is 9.78 Å². The lowest BCUT2D eigenvalue weighted by atomic mass is 10.2. The summed E-state index contributed by atoms with van der Waals surface area (Å²) in [6.07, 6.45) is 6.17. The van der Waals surface area contributed by atoms with E-state index in [0.29, 0.717) is 12.1 Å². The number of nitrogens with zero attached hydrogens (tertiary/aromatic N) is 2. The molecule has 2 heterocycles. The van der Waals surface area contributed by atoms with E-state index < -0.39 is 0 Å². The van der Waals surface area contributed by atoms with Gasteiger partial charge in [0.2, 0.25) is 0 Å². The Balaban J connectivity index is 1.56. The van der Waals surface area contributed by atoms with Gasteiger partial charge in [0.25, 0.3) is 0 Å². The molecule has 3 rings (SSSR count). The number of ether oxygens (including phenoxy) is 1. The molecule has 1 saturated heterocycles. The van der Waals surface area contributed by atoms with Crippen LogP contribution in [0, 0.1) is 5.82 Å². The maximum absolute atomic E-state index is 13.7. The first-order chi connectivity index (χ1) is 10.2. The summed E-state index contributed by atoms with van der Waals surface area (Å²) in [5, 5.41) is 7.49. The third-order valence-corrected chi connectivity index (χ3v) is 4.04. The molecule has 0 saturated carbocycles. The lowest BCUT2D eigenvalue weighted by molar-refractivity contribution is 0.0940. The highest BCUT2D eigenvalue weighted by Crippen LogP contribution is 2.18. The summed E-state index contributed by atoms with van der Waals surface area (Å²) >= 11 is 3.25. The highest BCUT2D eigenvalue weighted by atomic mass is 79.9. The van der Waals surface area contributed by atoms with Crippen molar-refractivity contribution in [3.63, 3.8) is 0 Å². The molecule has 1 fully saturated rings. The number of nitrogens with one attached hydrogen (secondary N) is 1. The Bertz CT molecular complexity index is 611. The zero-order valence-corrected chi connectivity index (χ0v) is 13.1. The van der Waals surface area contributed by atoms with Crippen LogP contribution in [0.1, 0.15) is 18.4 Å². The molecule has 1 N–H and O–H groups in total. The van der Waals surface area contributed by atoms with E-state index in [1.165, 1.54) is 6.07 Å². The van der Waals surface area contributed by atoms with Crippen LogP contribution >= 0.6 is 15.9 Å². The van der Waals surface area contributed by atoms with Crippen LogP contribution in [0.2, 0.25) is 0 Å². The Morgan fingerprint density at radius 2 is 2.38 bits per heavy atom. The van der Waals surface area contributed by atoms with Gasteiger partial charge < -0.3 is 10.1 Å². The van der Waals surface area contributed by atoms with Crippen LogP contribution in [0.15, 0.2) is 35.1 Å². The van der Waals surface area contributed by atoms with Crippen molar-refractivity contribution in [2.24, 2.45) is 0 Å². The van der Waals surface area contributed by atoms with Crippen LogP contribution in [0.3, 0.4) is 0 Å². The van der Waals surface area contributed by atoms with Crippen LogP contribution in [0.4, 0.5) is 10.1 Å². The molecular formula is C15H17BrFN3O. The molecule has 1 aliphatic heterocycles. The minimum atomic E-state index is -0.219. The van der Waals surface area contributed by atoms with Gasteiger partial charge in [-0.2, -0.15) is 5.10 Å². The molecular weight excluding hydrogens is 337 g/mol. The molecule has 0 amide bonds. The average Bonchev–Trinajstić information content (AvgIpc) is 3.10. The van der Waals surface area contributed by atoms with Crippen molar-refractivity contribution in [2.75, 3.05) is 11.9 Å². The Labute approximate surface area is 131 Å². The van der Waals surface area contributed by atoms with Crippen molar-refractivity contribution in [3.05, 3.63) is 46.4 Å². The van der Waals surface area contributed by atoms with Gasteiger partial charge >= 0.3 is 0 Å². The number of rotatable bonds is 5. The highest BCUT2D eigenvalue weighted by molar-refractivity contribution is 9.10. The normalized spacial score (nSPS) is 18.1. The summed E-state index contributed by atoms with van der Waals surface area (Å²) in [5.74, 6) is -0.219. The largest absolute Gasteiger partial charge is 0.378 e. The number of hydrogen-bond acceptors (Lipinski definition) is 3. The first kappa shape index (κ1) is 14.5. The van der Waals surface area contributed by atoms with Gasteiger partial charge in [-0.15, -0.1) is 0 Å². The average molecular weight is 354 g/mol. The van der Waals surface area contributed by atoms with E-state index in [9.17, 15) is 4.39 Å². The summed E-state index contributed by atoms with van der Waals surface area (Å²) < 4.78 is 21.9. The van der Waals surface area contributed by atoms with E-state index in [4.69, 9.17) is 4.74 Å². The first-order valence-corrected chi connectivity index (χ1v) is 7.82. The van der Waals surface area contributed by atoms with Gasteiger partial charge in [0.15, 0.2) is 0 Å². The highest BCUT2D eigenvalue weighted by Gasteiger charge is 2.16. The van der Waals surface area contributed by atoms with Gasteiger partial charge in [-0.1, -0.05) is 22.0 Å². The fourth-order valence-corrected chi connectivity index (χ4v) is 2.75.